The molecule has 0 bridgehead atoms. The number of rotatable bonds is 5. The van der Waals surface area contributed by atoms with Crippen LogP contribution in [0.2, 0.25) is 0 Å². The molecule has 9 heteroatoms. The maximum absolute atomic E-state index is 12.9. The number of ether oxygens (including phenoxy) is 3. The Balaban J connectivity index is 1.46. The summed E-state index contributed by atoms with van der Waals surface area (Å²) in [4.78, 5) is 30.0. The third-order valence-corrected chi connectivity index (χ3v) is 6.33. The highest BCUT2D eigenvalue weighted by Gasteiger charge is 2.48. The summed E-state index contributed by atoms with van der Waals surface area (Å²) in [6.45, 7) is 3.92. The van der Waals surface area contributed by atoms with Crippen molar-refractivity contribution in [2.75, 3.05) is 0 Å². The zero-order chi connectivity index (χ0) is 24.4. The van der Waals surface area contributed by atoms with E-state index in [0.29, 0.717) is 22.7 Å². The Morgan fingerprint density at radius 3 is 2.11 bits per heavy atom. The molecule has 35 heavy (non-hydrogen) atoms. The van der Waals surface area contributed by atoms with Crippen LogP contribution in [0.1, 0.15) is 46.5 Å². The van der Waals surface area contributed by atoms with E-state index < -0.39 is 30.4 Å². The molecule has 2 aromatic heterocycles. The number of esters is 2. The third-order valence-electron chi connectivity index (χ3n) is 6.33. The van der Waals surface area contributed by atoms with Gasteiger partial charge in [0.1, 0.15) is 6.10 Å². The molecule has 3 heterocycles. The summed E-state index contributed by atoms with van der Waals surface area (Å²) >= 11 is 0. The summed E-state index contributed by atoms with van der Waals surface area (Å²) < 4.78 is 19.7. The normalized spacial score (nSPS) is 24.1. The van der Waals surface area contributed by atoms with Crippen molar-refractivity contribution >= 4 is 17.7 Å². The van der Waals surface area contributed by atoms with E-state index in [1.807, 2.05) is 26.0 Å². The molecule has 0 spiro atoms. The summed E-state index contributed by atoms with van der Waals surface area (Å²) in [5, 5.41) is 8.41. The Bertz CT molecular complexity index is 1330. The minimum absolute atomic E-state index is 0.150. The van der Waals surface area contributed by atoms with Crippen molar-refractivity contribution in [1.82, 2.24) is 19.6 Å². The molecule has 0 aliphatic carbocycles. The number of hydrogen-bond donors (Lipinski definition) is 0. The molecule has 9 nitrogen and oxygen atoms in total. The first-order valence-electron chi connectivity index (χ1n) is 11.4. The van der Waals surface area contributed by atoms with Gasteiger partial charge in [-0.05, 0) is 36.2 Å². The highest BCUT2D eigenvalue weighted by Crippen LogP contribution is 2.41. The number of benzene rings is 2. The van der Waals surface area contributed by atoms with E-state index in [2.05, 4.69) is 15.2 Å². The SMILES string of the molecule is C[C@@H]1C(OC(=O)c2ccccc2)C(OC(=O)c2ccccc2)OC(c2nnc3ncccn23)[C@@H]1C. The lowest BCUT2D eigenvalue weighted by Crippen LogP contribution is -2.50. The highest BCUT2D eigenvalue weighted by molar-refractivity contribution is 5.90. The average molecular weight is 473 g/mol. The van der Waals surface area contributed by atoms with Crippen molar-refractivity contribution in [3.63, 3.8) is 0 Å². The van der Waals surface area contributed by atoms with Crippen LogP contribution in [0.4, 0.5) is 0 Å². The van der Waals surface area contributed by atoms with Crippen LogP contribution >= 0.6 is 0 Å². The monoisotopic (exact) mass is 472 g/mol. The van der Waals surface area contributed by atoms with Crippen LogP contribution in [-0.4, -0.2) is 43.9 Å². The second kappa shape index (κ2) is 9.63. The van der Waals surface area contributed by atoms with E-state index in [9.17, 15) is 9.59 Å². The Labute approximate surface area is 201 Å². The molecule has 2 aromatic carbocycles. The van der Waals surface area contributed by atoms with Gasteiger partial charge in [0.2, 0.25) is 6.29 Å². The maximum Gasteiger partial charge on any atom is 0.340 e. The summed E-state index contributed by atoms with van der Waals surface area (Å²) in [7, 11) is 0. The first-order valence-corrected chi connectivity index (χ1v) is 11.4. The van der Waals surface area contributed by atoms with Crippen molar-refractivity contribution in [2.24, 2.45) is 11.8 Å². The second-order valence-electron chi connectivity index (χ2n) is 8.50. The van der Waals surface area contributed by atoms with Crippen molar-refractivity contribution in [3.8, 4) is 0 Å². The number of fused-ring (bicyclic) bond motifs is 1. The molecule has 5 atom stereocenters. The lowest BCUT2D eigenvalue weighted by molar-refractivity contribution is -0.253. The molecule has 4 aromatic rings. The molecule has 1 aliphatic heterocycles. The fourth-order valence-electron chi connectivity index (χ4n) is 4.19. The minimum Gasteiger partial charge on any atom is -0.452 e. The van der Waals surface area contributed by atoms with Gasteiger partial charge < -0.3 is 14.2 Å². The fraction of sp³-hybridized carbons (Fsp3) is 0.269. The van der Waals surface area contributed by atoms with Crippen molar-refractivity contribution < 1.29 is 23.8 Å². The van der Waals surface area contributed by atoms with Gasteiger partial charge in [0.25, 0.3) is 5.78 Å². The number of carbonyl (C=O) groups excluding carboxylic acids is 2. The molecule has 1 saturated heterocycles. The quantitative estimate of drug-likeness (QED) is 0.403. The van der Waals surface area contributed by atoms with Crippen molar-refractivity contribution in [1.29, 1.82) is 0 Å². The third kappa shape index (κ3) is 4.50. The largest absolute Gasteiger partial charge is 0.452 e. The van der Waals surface area contributed by atoms with Gasteiger partial charge in [-0.3, -0.25) is 4.40 Å². The van der Waals surface area contributed by atoms with Gasteiger partial charge in [0.05, 0.1) is 11.1 Å². The van der Waals surface area contributed by atoms with E-state index >= 15 is 0 Å². The van der Waals surface area contributed by atoms with E-state index in [-0.39, 0.29) is 11.8 Å². The van der Waals surface area contributed by atoms with E-state index in [1.165, 1.54) is 0 Å². The molecule has 3 unspecified atom stereocenters. The zero-order valence-corrected chi connectivity index (χ0v) is 19.2. The number of carbonyl (C=O) groups is 2. The minimum atomic E-state index is -1.16. The van der Waals surface area contributed by atoms with Crippen LogP contribution in [0.5, 0.6) is 0 Å². The van der Waals surface area contributed by atoms with Crippen LogP contribution in [0, 0.1) is 11.8 Å². The predicted octanol–water partition coefficient (Wildman–Crippen LogP) is 3.88. The lowest BCUT2D eigenvalue weighted by Gasteiger charge is -2.42. The van der Waals surface area contributed by atoms with Gasteiger partial charge in [-0.2, -0.15) is 0 Å². The Morgan fingerprint density at radius 1 is 0.829 bits per heavy atom. The molecule has 1 fully saturated rings. The molecule has 0 radical (unpaired) electrons. The van der Waals surface area contributed by atoms with Crippen LogP contribution in [0.3, 0.4) is 0 Å². The molecule has 0 N–H and O–H groups in total. The van der Waals surface area contributed by atoms with E-state index in [0.717, 1.165) is 0 Å². The zero-order valence-electron chi connectivity index (χ0n) is 19.2. The highest BCUT2D eigenvalue weighted by atomic mass is 16.7. The van der Waals surface area contributed by atoms with Gasteiger partial charge in [-0.15, -0.1) is 10.2 Å². The van der Waals surface area contributed by atoms with Gasteiger partial charge in [-0.25, -0.2) is 14.6 Å². The standard InChI is InChI=1S/C26H24N4O5/c1-16-17(2)21(33-23(31)18-10-5-3-6-11-18)25(35-24(32)19-12-7-4-8-13-19)34-20(16)22-28-29-26-27-14-9-15-30(22)26/h3-17,20-21,25H,1-2H3/t16-,17+,20?,21?,25?/m1/s1. The second-order valence-corrected chi connectivity index (χ2v) is 8.50. The van der Waals surface area contributed by atoms with E-state index in [1.54, 1.807) is 71.4 Å². The number of nitrogens with zero attached hydrogens (tertiary/aromatic N) is 4. The molecular weight excluding hydrogens is 448 g/mol. The smallest absolute Gasteiger partial charge is 0.340 e. The summed E-state index contributed by atoms with van der Waals surface area (Å²) in [6, 6.07) is 19.0. The summed E-state index contributed by atoms with van der Waals surface area (Å²) in [5.41, 5.74) is 0.765. The van der Waals surface area contributed by atoms with Gasteiger partial charge in [0, 0.05) is 18.3 Å². The topological polar surface area (TPSA) is 105 Å². The van der Waals surface area contributed by atoms with Crippen molar-refractivity contribution in [3.05, 3.63) is 96.1 Å². The Hall–Kier alpha value is -4.11. The lowest BCUT2D eigenvalue weighted by atomic mass is 9.83. The number of hydrogen-bond acceptors (Lipinski definition) is 8. The maximum atomic E-state index is 12.9. The molecule has 0 saturated carbocycles. The fourth-order valence-corrected chi connectivity index (χ4v) is 4.19. The molecule has 1 aliphatic rings. The van der Waals surface area contributed by atoms with Crippen molar-refractivity contribution in [2.45, 2.75) is 32.3 Å². The van der Waals surface area contributed by atoms with Gasteiger partial charge in [-0.1, -0.05) is 50.2 Å². The molecule has 0 amide bonds. The van der Waals surface area contributed by atoms with Crippen LogP contribution in [0.15, 0.2) is 79.1 Å². The molecular formula is C26H24N4O5. The Morgan fingerprint density at radius 2 is 1.46 bits per heavy atom. The van der Waals surface area contributed by atoms with Gasteiger partial charge >= 0.3 is 11.9 Å². The van der Waals surface area contributed by atoms with Crippen LogP contribution in [-0.2, 0) is 14.2 Å². The number of aromatic nitrogens is 4. The first kappa shape index (κ1) is 22.7. The first-order chi connectivity index (χ1) is 17.0. The summed E-state index contributed by atoms with van der Waals surface area (Å²) in [6.07, 6.45) is 0.856. The van der Waals surface area contributed by atoms with Crippen LogP contribution in [0.25, 0.3) is 5.78 Å². The van der Waals surface area contributed by atoms with Gasteiger partial charge in [0.15, 0.2) is 11.9 Å². The average Bonchev–Trinajstić information content (AvgIpc) is 3.33. The van der Waals surface area contributed by atoms with E-state index in [4.69, 9.17) is 14.2 Å². The predicted molar refractivity (Wildman–Crippen MR) is 124 cm³/mol. The molecule has 178 valence electrons. The Kier molecular flexibility index (Phi) is 6.24. The summed E-state index contributed by atoms with van der Waals surface area (Å²) in [5.74, 6) is -0.524. The van der Waals surface area contributed by atoms with Crippen LogP contribution < -0.4 is 0 Å². The molecule has 5 rings (SSSR count).